The summed E-state index contributed by atoms with van der Waals surface area (Å²) in [5, 5.41) is 0. The first-order valence-corrected chi connectivity index (χ1v) is 16.7. The fourth-order valence-electron chi connectivity index (χ4n) is 2.74. The first-order valence-electron chi connectivity index (χ1n) is 6.74. The Morgan fingerprint density at radius 2 is 1.71 bits per heavy atom. The van der Waals surface area contributed by atoms with Gasteiger partial charge in [-0.2, -0.15) is 0 Å². The van der Waals surface area contributed by atoms with Crippen LogP contribution in [0.4, 0.5) is 13.2 Å². The summed E-state index contributed by atoms with van der Waals surface area (Å²) in [6.07, 6.45) is -0.439. The van der Waals surface area contributed by atoms with E-state index in [1.54, 1.807) is 24.3 Å². The molecule has 0 spiro atoms. The van der Waals surface area contributed by atoms with Gasteiger partial charge in [-0.3, -0.25) is 0 Å². The number of benzene rings is 1. The Balaban J connectivity index is 2.44. The zero-order valence-electron chi connectivity index (χ0n) is 12.4. The third-order valence-electron chi connectivity index (χ3n) is 3.96. The molecule has 114 valence electrons. The summed E-state index contributed by atoms with van der Waals surface area (Å²) in [6.45, 7) is 3.62. The predicted molar refractivity (Wildman–Crippen MR) is 81.6 cm³/mol. The Morgan fingerprint density at radius 1 is 1.14 bits per heavy atom. The van der Waals surface area contributed by atoms with Gasteiger partial charge in [0.25, 0.3) is 0 Å². The van der Waals surface area contributed by atoms with E-state index in [0.717, 1.165) is 11.6 Å². The quantitative estimate of drug-likeness (QED) is 0.399. The number of ether oxygens (including phenoxy) is 1. The molecule has 1 fully saturated rings. The predicted octanol–water partition coefficient (Wildman–Crippen LogP) is 4.83. The summed E-state index contributed by atoms with van der Waals surface area (Å²) in [5.74, 6) is 0. The van der Waals surface area contributed by atoms with Gasteiger partial charge < -0.3 is 0 Å². The van der Waals surface area contributed by atoms with E-state index in [9.17, 15) is 13.2 Å². The molecule has 1 heterocycles. The van der Waals surface area contributed by atoms with Crippen molar-refractivity contribution in [1.82, 2.24) is 0 Å². The van der Waals surface area contributed by atoms with E-state index in [-0.39, 0.29) is 0 Å². The monoisotopic (exact) mass is 404 g/mol. The van der Waals surface area contributed by atoms with E-state index < -0.39 is 33.8 Å². The van der Waals surface area contributed by atoms with Crippen molar-refractivity contribution in [2.24, 2.45) is 0 Å². The maximum absolute atomic E-state index is 13.6. The molecule has 1 nitrogen and oxygen atoms in total. The van der Waals surface area contributed by atoms with Gasteiger partial charge in [-0.05, 0) is 0 Å². The molecule has 1 saturated heterocycles. The van der Waals surface area contributed by atoms with Crippen LogP contribution in [0, 0.1) is 0 Å². The maximum atomic E-state index is 13.6. The van der Waals surface area contributed by atoms with E-state index in [4.69, 9.17) is 4.74 Å². The first-order chi connectivity index (χ1) is 9.60. The molecule has 1 aromatic carbocycles. The van der Waals surface area contributed by atoms with Gasteiger partial charge in [0.05, 0.1) is 0 Å². The summed E-state index contributed by atoms with van der Waals surface area (Å²) in [5.41, 5.74) is -1.50. The molecule has 0 bridgehead atoms. The van der Waals surface area contributed by atoms with Crippen LogP contribution >= 0.6 is 0 Å². The van der Waals surface area contributed by atoms with Gasteiger partial charge in [0, 0.05) is 0 Å². The van der Waals surface area contributed by atoms with Gasteiger partial charge >= 0.3 is 127 Å². The molecule has 2 rings (SSSR count). The van der Waals surface area contributed by atoms with Gasteiger partial charge in [0.1, 0.15) is 0 Å². The fourth-order valence-corrected chi connectivity index (χ4v) is 9.64. The van der Waals surface area contributed by atoms with Crippen molar-refractivity contribution in [3.63, 3.8) is 0 Å². The number of alkyl halides is 3. The number of halogens is 3. The van der Waals surface area contributed by atoms with E-state index in [0.29, 0.717) is 0 Å². The average molecular weight is 403 g/mol. The molecule has 0 amide bonds. The molecule has 1 aliphatic rings. The van der Waals surface area contributed by atoms with Crippen LogP contribution in [-0.2, 0) is 4.74 Å². The van der Waals surface area contributed by atoms with E-state index in [2.05, 4.69) is 6.58 Å². The zero-order chi connectivity index (χ0) is 15.9. The van der Waals surface area contributed by atoms with Gasteiger partial charge in [0.2, 0.25) is 0 Å². The second-order valence-corrected chi connectivity index (χ2v) is 21.2. The average Bonchev–Trinajstić information content (AvgIpc) is 3.08. The molecule has 0 radical (unpaired) electrons. The Kier molecular flexibility index (Phi) is 4.08. The van der Waals surface area contributed by atoms with Crippen molar-refractivity contribution in [2.45, 2.75) is 30.2 Å². The second-order valence-electron chi connectivity index (χ2n) is 6.27. The van der Waals surface area contributed by atoms with Crippen molar-refractivity contribution in [1.29, 1.82) is 0 Å². The van der Waals surface area contributed by atoms with E-state index >= 15 is 0 Å². The summed E-state index contributed by atoms with van der Waals surface area (Å²) in [6, 6.07) is 8.93. The minimum atomic E-state index is -4.45. The molecule has 2 atom stereocenters. The third-order valence-corrected chi connectivity index (χ3v) is 12.3. The molecular weight excluding hydrogens is 384 g/mol. The van der Waals surface area contributed by atoms with Gasteiger partial charge in [-0.1, -0.05) is 0 Å². The molecule has 5 heteroatoms. The molecular formula is C16H19F3OSn. The molecule has 0 aromatic heterocycles. The van der Waals surface area contributed by atoms with Crippen molar-refractivity contribution in [3.05, 3.63) is 54.6 Å². The number of hydrogen-bond donors (Lipinski definition) is 0. The van der Waals surface area contributed by atoms with Crippen molar-refractivity contribution in [2.75, 3.05) is 0 Å². The number of hydrogen-bond acceptors (Lipinski definition) is 1. The van der Waals surface area contributed by atoms with Gasteiger partial charge in [0.15, 0.2) is 0 Å². The van der Waals surface area contributed by atoms with Crippen LogP contribution in [0.2, 0.25) is 14.8 Å². The molecule has 1 aromatic rings. The van der Waals surface area contributed by atoms with Gasteiger partial charge in [-0.25, -0.2) is 0 Å². The molecule has 0 saturated carbocycles. The minimum absolute atomic E-state index is 0.721. The first kappa shape index (κ1) is 16.6. The SMILES string of the molecule is C=C[C@@]1([Sn]([CH3])([CH3])[CH3])O[C@]1(/C=C/c1ccccc1)C(F)(F)F. The Hall–Kier alpha value is -0.751. The standard InChI is InChI=1S/C13H10F3O.3CH3.Sn/c1-2-11-12(17-11,13(14,15)16)9-8-10-6-4-3-5-7-10;;;;/h2-9H,1H2;3*1H3;/b9-8+;;;;/t12-;;;;/m0..../s1. The Bertz CT molecular complexity index is 559. The second kappa shape index (κ2) is 5.16. The van der Waals surface area contributed by atoms with E-state index in [1.807, 2.05) is 20.9 Å². The summed E-state index contributed by atoms with van der Waals surface area (Å²) in [4.78, 5) is 5.79. The molecule has 21 heavy (non-hydrogen) atoms. The van der Waals surface area contributed by atoms with Crippen molar-refractivity contribution in [3.8, 4) is 0 Å². The molecule has 1 aliphatic heterocycles. The van der Waals surface area contributed by atoms with Crippen LogP contribution in [0.25, 0.3) is 6.08 Å². The number of epoxide rings is 1. The number of rotatable bonds is 4. The molecule has 0 N–H and O–H groups in total. The normalized spacial score (nSPS) is 29.6. The van der Waals surface area contributed by atoms with Crippen LogP contribution in [0.15, 0.2) is 49.1 Å². The summed E-state index contributed by atoms with van der Waals surface area (Å²) < 4.78 is 45.0. The van der Waals surface area contributed by atoms with Crippen LogP contribution < -0.4 is 0 Å². The third kappa shape index (κ3) is 2.57. The summed E-state index contributed by atoms with van der Waals surface area (Å²) >= 11 is -3.06. The molecule has 0 unspecified atom stereocenters. The van der Waals surface area contributed by atoms with Crippen molar-refractivity contribution < 1.29 is 17.9 Å². The van der Waals surface area contributed by atoms with E-state index in [1.165, 1.54) is 12.2 Å². The van der Waals surface area contributed by atoms with Crippen LogP contribution in [0.3, 0.4) is 0 Å². The topological polar surface area (TPSA) is 12.5 Å². The fraction of sp³-hybridized carbons (Fsp3) is 0.375. The van der Waals surface area contributed by atoms with Crippen LogP contribution in [0.5, 0.6) is 0 Å². The Labute approximate surface area is 127 Å². The van der Waals surface area contributed by atoms with Crippen molar-refractivity contribution >= 4 is 24.5 Å². The molecule has 0 aliphatic carbocycles. The van der Waals surface area contributed by atoms with Crippen LogP contribution in [-0.4, -0.2) is 33.8 Å². The zero-order valence-corrected chi connectivity index (χ0v) is 15.2. The van der Waals surface area contributed by atoms with Gasteiger partial charge in [-0.15, -0.1) is 0 Å². The van der Waals surface area contributed by atoms with Crippen LogP contribution in [0.1, 0.15) is 5.56 Å². The Morgan fingerprint density at radius 3 is 2.10 bits per heavy atom. The summed E-state index contributed by atoms with van der Waals surface area (Å²) in [7, 11) is 0.